The lowest BCUT2D eigenvalue weighted by atomic mass is 10.5. The van der Waals surface area contributed by atoms with E-state index in [4.69, 9.17) is 4.43 Å². The molecule has 0 amide bonds. The van der Waals surface area contributed by atoms with Gasteiger partial charge in [0.2, 0.25) is 0 Å². The second-order valence-electron chi connectivity index (χ2n) is 4.11. The summed E-state index contributed by atoms with van der Waals surface area (Å²) in [4.78, 5) is 0. The fraction of sp³-hybridized carbons (Fsp3) is 1.00. The van der Waals surface area contributed by atoms with Crippen LogP contribution in [0.1, 0.15) is 19.8 Å². The van der Waals surface area contributed by atoms with Crippen LogP contribution in [0.15, 0.2) is 0 Å². The molecule has 0 radical (unpaired) electrons. The molecule has 0 N–H and O–H groups in total. The highest BCUT2D eigenvalue weighted by Gasteiger charge is 2.39. The van der Waals surface area contributed by atoms with Gasteiger partial charge in [-0.3, -0.25) is 0 Å². The zero-order valence-corrected chi connectivity index (χ0v) is 10.7. The Balaban J connectivity index is 4.35. The molecule has 0 atom stereocenters. The maximum absolute atomic E-state index is 12.0. The summed E-state index contributed by atoms with van der Waals surface area (Å²) in [6, 6.07) is -0.638. The molecule has 0 bridgehead atoms. The Morgan fingerprint density at radius 2 is 1.24 bits per heavy atom. The predicted molar refractivity (Wildman–Crippen MR) is 54.2 cm³/mol. The van der Waals surface area contributed by atoms with E-state index >= 15 is 0 Å². The molecule has 8 heteroatoms. The molecule has 0 aliphatic carbocycles. The van der Waals surface area contributed by atoms with E-state index in [-0.39, 0.29) is 18.7 Å². The van der Waals surface area contributed by atoms with Crippen LogP contribution >= 0.6 is 0 Å². The molecule has 104 valence electrons. The maximum atomic E-state index is 12.0. The monoisotopic (exact) mass is 282 g/mol. The quantitative estimate of drug-likeness (QED) is 0.514. The Morgan fingerprint density at radius 1 is 0.882 bits per heavy atom. The molecule has 0 heterocycles. The van der Waals surface area contributed by atoms with Crippen molar-refractivity contribution in [3.8, 4) is 0 Å². The van der Waals surface area contributed by atoms with Crippen LogP contribution in [0.4, 0.5) is 26.3 Å². The minimum Gasteiger partial charge on any atom is -0.417 e. The maximum Gasteiger partial charge on any atom is 0.388 e. The summed E-state index contributed by atoms with van der Waals surface area (Å²) in [6.45, 7) is 3.15. The Morgan fingerprint density at radius 3 is 1.47 bits per heavy atom. The molecule has 1 nitrogen and oxygen atoms in total. The van der Waals surface area contributed by atoms with Gasteiger partial charge in [0.25, 0.3) is 0 Å². The van der Waals surface area contributed by atoms with E-state index in [0.717, 1.165) is 0 Å². The van der Waals surface area contributed by atoms with Gasteiger partial charge in [-0.1, -0.05) is 0 Å². The Bertz CT molecular complexity index is 207. The molecule has 0 unspecified atom stereocenters. The van der Waals surface area contributed by atoms with Crippen molar-refractivity contribution >= 4 is 8.32 Å². The molecule has 0 aliphatic rings. The van der Waals surface area contributed by atoms with Crippen molar-refractivity contribution < 1.29 is 30.8 Å². The van der Waals surface area contributed by atoms with Crippen LogP contribution < -0.4 is 0 Å². The molecule has 0 spiro atoms. The Labute approximate surface area is 97.3 Å². The highest BCUT2D eigenvalue weighted by atomic mass is 28.4. The number of halogens is 6. The molecule has 0 aromatic heterocycles. The third-order valence-electron chi connectivity index (χ3n) is 2.37. The summed E-state index contributed by atoms with van der Waals surface area (Å²) in [5.41, 5.74) is 0. The highest BCUT2D eigenvalue weighted by molar-refractivity contribution is 6.72. The molecule has 0 saturated carbocycles. The van der Waals surface area contributed by atoms with Gasteiger partial charge in [-0.15, -0.1) is 0 Å². The summed E-state index contributed by atoms with van der Waals surface area (Å²) in [5.74, 6) is 0. The van der Waals surface area contributed by atoms with Crippen LogP contribution in [0.5, 0.6) is 0 Å². The van der Waals surface area contributed by atoms with Crippen LogP contribution in [-0.2, 0) is 4.43 Å². The predicted octanol–water partition coefficient (Wildman–Crippen LogP) is 4.50. The summed E-state index contributed by atoms with van der Waals surface area (Å²) in [6.07, 6.45) is -10.8. The third-order valence-corrected chi connectivity index (χ3v) is 5.97. The molecule has 17 heavy (non-hydrogen) atoms. The van der Waals surface area contributed by atoms with Crippen molar-refractivity contribution in [1.82, 2.24) is 0 Å². The van der Waals surface area contributed by atoms with Gasteiger partial charge in [-0.05, 0) is 25.6 Å². The lowest BCUT2D eigenvalue weighted by Crippen LogP contribution is -2.37. The van der Waals surface area contributed by atoms with Crippen molar-refractivity contribution in [2.24, 2.45) is 0 Å². The van der Waals surface area contributed by atoms with E-state index in [0.29, 0.717) is 0 Å². The lowest BCUT2D eigenvalue weighted by molar-refractivity contribution is -0.132. The van der Waals surface area contributed by atoms with Crippen LogP contribution in [-0.4, -0.2) is 27.3 Å². The number of rotatable bonds is 6. The van der Waals surface area contributed by atoms with Crippen molar-refractivity contribution in [3.63, 3.8) is 0 Å². The SMILES string of the molecule is CCO[Si](C)(CCC(F)(F)F)CCC(F)(F)F. The van der Waals surface area contributed by atoms with Gasteiger partial charge in [0.15, 0.2) is 8.32 Å². The largest absolute Gasteiger partial charge is 0.417 e. The molecule has 0 aromatic rings. The normalized spacial score (nSPS) is 14.1. The van der Waals surface area contributed by atoms with Gasteiger partial charge >= 0.3 is 12.4 Å². The second kappa shape index (κ2) is 6.08. The first-order valence-corrected chi connectivity index (χ1v) is 8.07. The van der Waals surface area contributed by atoms with Gasteiger partial charge in [0, 0.05) is 19.4 Å². The molecular formula is C9H16F6OSi. The smallest absolute Gasteiger partial charge is 0.388 e. The van der Waals surface area contributed by atoms with Crippen LogP contribution in [0.25, 0.3) is 0 Å². The topological polar surface area (TPSA) is 9.23 Å². The summed E-state index contributed by atoms with van der Waals surface area (Å²) < 4.78 is 77.4. The fourth-order valence-electron chi connectivity index (χ4n) is 1.43. The zero-order valence-electron chi connectivity index (χ0n) is 9.71. The van der Waals surface area contributed by atoms with Crippen LogP contribution in [0, 0.1) is 0 Å². The number of alkyl halides is 6. The first-order chi connectivity index (χ1) is 7.47. The van der Waals surface area contributed by atoms with Crippen molar-refractivity contribution in [2.45, 2.75) is 50.8 Å². The molecule has 0 fully saturated rings. The molecular weight excluding hydrogens is 266 g/mol. The molecule has 0 aliphatic heterocycles. The summed E-state index contributed by atoms with van der Waals surface area (Å²) in [5, 5.41) is 0. The summed E-state index contributed by atoms with van der Waals surface area (Å²) in [7, 11) is -2.91. The Hall–Kier alpha value is -0.243. The number of hydrogen-bond acceptors (Lipinski definition) is 1. The van der Waals surface area contributed by atoms with Crippen molar-refractivity contribution in [2.75, 3.05) is 6.61 Å². The average molecular weight is 282 g/mol. The van der Waals surface area contributed by atoms with E-state index < -0.39 is 33.5 Å². The Kier molecular flexibility index (Phi) is 5.99. The molecule has 0 aromatic carbocycles. The fourth-order valence-corrected chi connectivity index (χ4v) is 4.29. The number of hydrogen-bond donors (Lipinski definition) is 0. The molecule has 0 rings (SSSR count). The van der Waals surface area contributed by atoms with E-state index in [1.807, 2.05) is 0 Å². The van der Waals surface area contributed by atoms with Crippen molar-refractivity contribution in [3.05, 3.63) is 0 Å². The van der Waals surface area contributed by atoms with Gasteiger partial charge in [-0.2, -0.15) is 26.3 Å². The lowest BCUT2D eigenvalue weighted by Gasteiger charge is -2.27. The van der Waals surface area contributed by atoms with Gasteiger partial charge < -0.3 is 4.43 Å². The van der Waals surface area contributed by atoms with E-state index in [1.165, 1.54) is 6.55 Å². The summed E-state index contributed by atoms with van der Waals surface area (Å²) >= 11 is 0. The highest BCUT2D eigenvalue weighted by Crippen LogP contribution is 2.32. The molecule has 0 saturated heterocycles. The zero-order chi connectivity index (χ0) is 13.7. The van der Waals surface area contributed by atoms with Crippen LogP contribution in [0.2, 0.25) is 18.6 Å². The minimum absolute atomic E-state index is 0.151. The van der Waals surface area contributed by atoms with Gasteiger partial charge in [0.1, 0.15) is 0 Å². The average Bonchev–Trinajstić information content (AvgIpc) is 2.11. The first kappa shape index (κ1) is 16.8. The minimum atomic E-state index is -4.34. The standard InChI is InChI=1S/C9H16F6OSi/c1-3-16-17(2,6-4-8(10,11)12)7-5-9(13,14)15/h3-7H2,1-2H3. The van der Waals surface area contributed by atoms with Gasteiger partial charge in [0.05, 0.1) is 0 Å². The van der Waals surface area contributed by atoms with Gasteiger partial charge in [-0.25, -0.2) is 0 Å². The van der Waals surface area contributed by atoms with Crippen LogP contribution in [0.3, 0.4) is 0 Å². The van der Waals surface area contributed by atoms with E-state index in [2.05, 4.69) is 0 Å². The second-order valence-corrected chi connectivity index (χ2v) is 8.30. The van der Waals surface area contributed by atoms with E-state index in [1.54, 1.807) is 6.92 Å². The van der Waals surface area contributed by atoms with E-state index in [9.17, 15) is 26.3 Å². The first-order valence-electron chi connectivity index (χ1n) is 5.25. The van der Waals surface area contributed by atoms with Crippen molar-refractivity contribution in [1.29, 1.82) is 0 Å². The third kappa shape index (κ3) is 9.46.